The van der Waals surface area contributed by atoms with E-state index in [-0.39, 0.29) is 41.2 Å². The van der Waals surface area contributed by atoms with E-state index in [9.17, 15) is 14.7 Å². The minimum Gasteiger partial charge on any atom is -0.508 e. The fraction of sp³-hybridized carbons (Fsp3) is 0.333. The van der Waals surface area contributed by atoms with Gasteiger partial charge in [-0.25, -0.2) is 0 Å². The quantitative estimate of drug-likeness (QED) is 0.614. The lowest BCUT2D eigenvalue weighted by molar-refractivity contribution is -0.123. The largest absolute Gasteiger partial charge is 0.508 e. The number of rotatable bonds is 1. The number of carbonyl (C=O) groups excluding carboxylic acids is 2. The molecule has 19 heavy (non-hydrogen) atoms. The lowest BCUT2D eigenvalue weighted by Crippen LogP contribution is -2.32. The molecule has 1 aliphatic heterocycles. The lowest BCUT2D eigenvalue weighted by Gasteiger charge is -2.17. The van der Waals surface area contributed by atoms with Crippen LogP contribution in [0.3, 0.4) is 0 Å². The third kappa shape index (κ3) is 1.28. The van der Waals surface area contributed by atoms with E-state index in [0.717, 1.165) is 6.42 Å². The van der Waals surface area contributed by atoms with Crippen molar-refractivity contribution in [2.24, 2.45) is 23.7 Å². The number of benzene rings is 1. The number of hydrogen-bond donors (Lipinski definition) is 1. The second-order valence-corrected chi connectivity index (χ2v) is 5.53. The third-order valence-corrected chi connectivity index (χ3v) is 4.58. The molecular weight excluding hydrogens is 242 g/mol. The summed E-state index contributed by atoms with van der Waals surface area (Å²) in [5, 5.41) is 9.29. The van der Waals surface area contributed by atoms with Gasteiger partial charge in [0, 0.05) is 0 Å². The van der Waals surface area contributed by atoms with Gasteiger partial charge < -0.3 is 5.11 Å². The zero-order valence-corrected chi connectivity index (χ0v) is 10.2. The number of imide groups is 1. The molecule has 96 valence electrons. The number of anilines is 1. The zero-order chi connectivity index (χ0) is 13.1. The highest BCUT2D eigenvalue weighted by atomic mass is 16.3. The molecule has 1 heterocycles. The van der Waals surface area contributed by atoms with Crippen LogP contribution in [0.15, 0.2) is 36.4 Å². The Morgan fingerprint density at radius 3 is 2.00 bits per heavy atom. The molecule has 4 heteroatoms. The van der Waals surface area contributed by atoms with Crippen molar-refractivity contribution in [3.63, 3.8) is 0 Å². The van der Waals surface area contributed by atoms with E-state index < -0.39 is 0 Å². The summed E-state index contributed by atoms with van der Waals surface area (Å²) in [5.41, 5.74) is 0.557. The second kappa shape index (κ2) is 3.47. The van der Waals surface area contributed by atoms with Gasteiger partial charge in [0.05, 0.1) is 17.5 Å². The predicted octanol–water partition coefficient (Wildman–Crippen LogP) is 1.70. The van der Waals surface area contributed by atoms with Gasteiger partial charge in [-0.15, -0.1) is 0 Å². The Morgan fingerprint density at radius 1 is 0.947 bits per heavy atom. The first-order valence-electron chi connectivity index (χ1n) is 6.52. The van der Waals surface area contributed by atoms with Crippen molar-refractivity contribution in [3.05, 3.63) is 36.4 Å². The lowest BCUT2D eigenvalue weighted by atomic mass is 9.85. The zero-order valence-electron chi connectivity index (χ0n) is 10.2. The number of aromatic hydroxyl groups is 1. The maximum Gasteiger partial charge on any atom is 0.238 e. The summed E-state index contributed by atoms with van der Waals surface area (Å²) in [7, 11) is 0. The number of amides is 2. The summed E-state index contributed by atoms with van der Waals surface area (Å²) >= 11 is 0. The number of carbonyl (C=O) groups is 2. The molecule has 2 fully saturated rings. The number of phenolic OH excluding ortho intramolecular Hbond substituents is 1. The number of nitrogens with zero attached hydrogens (tertiary/aromatic N) is 1. The molecule has 1 aromatic carbocycles. The molecule has 4 rings (SSSR count). The Labute approximate surface area is 110 Å². The summed E-state index contributed by atoms with van der Waals surface area (Å²) in [4.78, 5) is 26.3. The molecule has 0 radical (unpaired) electrons. The first-order valence-corrected chi connectivity index (χ1v) is 6.52. The first kappa shape index (κ1) is 10.8. The summed E-state index contributed by atoms with van der Waals surface area (Å²) in [6.45, 7) is 0. The molecule has 1 saturated heterocycles. The number of hydrogen-bond acceptors (Lipinski definition) is 3. The van der Waals surface area contributed by atoms with Gasteiger partial charge in [0.2, 0.25) is 11.8 Å². The standard InChI is InChI=1S/C15H13NO3/c17-11-5-3-10(4-6-11)16-14(18)12-8-1-2-9(7-8)13(12)15(16)19/h1-6,8-9,12-13,17H,7H2/t8-,9+,12?,13?. The van der Waals surface area contributed by atoms with Crippen LogP contribution >= 0.6 is 0 Å². The monoisotopic (exact) mass is 255 g/mol. The van der Waals surface area contributed by atoms with E-state index in [1.54, 1.807) is 12.1 Å². The Kier molecular flexibility index (Phi) is 1.97. The van der Waals surface area contributed by atoms with Crippen LogP contribution in [0.5, 0.6) is 5.75 Å². The average molecular weight is 255 g/mol. The normalized spacial score (nSPS) is 35.3. The van der Waals surface area contributed by atoms with Gasteiger partial charge in [0.25, 0.3) is 0 Å². The van der Waals surface area contributed by atoms with Crippen LogP contribution in [0, 0.1) is 23.7 Å². The van der Waals surface area contributed by atoms with E-state index >= 15 is 0 Å². The van der Waals surface area contributed by atoms with Crippen molar-refractivity contribution in [1.82, 2.24) is 0 Å². The maximum atomic E-state index is 12.5. The van der Waals surface area contributed by atoms with E-state index in [1.807, 2.05) is 0 Å². The molecule has 4 nitrogen and oxygen atoms in total. The van der Waals surface area contributed by atoms with E-state index in [4.69, 9.17) is 0 Å². The van der Waals surface area contributed by atoms with E-state index in [0.29, 0.717) is 5.69 Å². The van der Waals surface area contributed by atoms with Crippen LogP contribution in [0.4, 0.5) is 5.69 Å². The number of phenols is 1. The number of allylic oxidation sites excluding steroid dienone is 2. The molecular formula is C15H13NO3. The van der Waals surface area contributed by atoms with Gasteiger partial charge >= 0.3 is 0 Å². The fourth-order valence-corrected chi connectivity index (χ4v) is 3.76. The smallest absolute Gasteiger partial charge is 0.238 e. The molecule has 2 bridgehead atoms. The SMILES string of the molecule is O=C1C2C(C(=O)N1c1ccc(O)cc1)[C@H]1C=C[C@@H]2C1. The highest BCUT2D eigenvalue weighted by molar-refractivity contribution is 6.22. The fourth-order valence-electron chi connectivity index (χ4n) is 3.76. The Bertz CT molecular complexity index is 574. The molecule has 3 aliphatic rings. The molecule has 2 aliphatic carbocycles. The molecule has 1 saturated carbocycles. The van der Waals surface area contributed by atoms with Crippen LogP contribution in [0.2, 0.25) is 0 Å². The van der Waals surface area contributed by atoms with Crippen molar-refractivity contribution in [2.45, 2.75) is 6.42 Å². The van der Waals surface area contributed by atoms with Crippen molar-refractivity contribution >= 4 is 17.5 Å². The van der Waals surface area contributed by atoms with Gasteiger partial charge in [-0.3, -0.25) is 14.5 Å². The second-order valence-electron chi connectivity index (χ2n) is 5.53. The molecule has 2 unspecified atom stereocenters. The highest BCUT2D eigenvalue weighted by Gasteiger charge is 2.59. The van der Waals surface area contributed by atoms with Crippen molar-refractivity contribution in [1.29, 1.82) is 0 Å². The summed E-state index contributed by atoms with van der Waals surface area (Å²) in [5.74, 6) is 0.0783. The third-order valence-electron chi connectivity index (χ3n) is 4.58. The molecule has 4 atom stereocenters. The minimum absolute atomic E-state index is 0.0856. The molecule has 2 amide bonds. The molecule has 0 aromatic heterocycles. The Balaban J connectivity index is 1.74. The average Bonchev–Trinajstić information content (AvgIpc) is 3.06. The molecule has 1 N–H and O–H groups in total. The first-order chi connectivity index (χ1) is 9.16. The highest BCUT2D eigenvalue weighted by Crippen LogP contribution is 2.53. The van der Waals surface area contributed by atoms with Gasteiger partial charge in [0.1, 0.15) is 5.75 Å². The maximum absolute atomic E-state index is 12.5. The van der Waals surface area contributed by atoms with Crippen LogP contribution in [-0.2, 0) is 9.59 Å². The minimum atomic E-state index is -0.170. The van der Waals surface area contributed by atoms with Gasteiger partial charge in [-0.1, -0.05) is 12.2 Å². The van der Waals surface area contributed by atoms with Crippen LogP contribution < -0.4 is 4.90 Å². The van der Waals surface area contributed by atoms with Gasteiger partial charge in [-0.2, -0.15) is 0 Å². The van der Waals surface area contributed by atoms with Crippen LogP contribution in [0.1, 0.15) is 6.42 Å². The summed E-state index contributed by atoms with van der Waals surface area (Å²) in [6.07, 6.45) is 5.10. The molecule has 0 spiro atoms. The van der Waals surface area contributed by atoms with Crippen molar-refractivity contribution < 1.29 is 14.7 Å². The Morgan fingerprint density at radius 2 is 1.47 bits per heavy atom. The van der Waals surface area contributed by atoms with Gasteiger partial charge in [0.15, 0.2) is 0 Å². The van der Waals surface area contributed by atoms with Crippen molar-refractivity contribution in [3.8, 4) is 5.75 Å². The van der Waals surface area contributed by atoms with E-state index in [1.165, 1.54) is 17.0 Å². The van der Waals surface area contributed by atoms with Gasteiger partial charge in [-0.05, 0) is 42.5 Å². The summed E-state index contributed by atoms with van der Waals surface area (Å²) < 4.78 is 0. The van der Waals surface area contributed by atoms with Crippen molar-refractivity contribution in [2.75, 3.05) is 4.90 Å². The summed E-state index contributed by atoms with van der Waals surface area (Å²) in [6, 6.07) is 6.22. The van der Waals surface area contributed by atoms with E-state index in [2.05, 4.69) is 12.2 Å². The van der Waals surface area contributed by atoms with Crippen LogP contribution in [0.25, 0.3) is 0 Å². The van der Waals surface area contributed by atoms with Crippen LogP contribution in [-0.4, -0.2) is 16.9 Å². The number of fused-ring (bicyclic) bond motifs is 5. The molecule has 1 aromatic rings. The topological polar surface area (TPSA) is 57.6 Å². The Hall–Kier alpha value is -2.10. The predicted molar refractivity (Wildman–Crippen MR) is 68.3 cm³/mol.